The van der Waals surface area contributed by atoms with Gasteiger partial charge in [-0.1, -0.05) is 0 Å². The van der Waals surface area contributed by atoms with Crippen molar-refractivity contribution < 1.29 is 31.1 Å². The van der Waals surface area contributed by atoms with Crippen molar-refractivity contribution in [1.82, 2.24) is 14.9 Å². The summed E-state index contributed by atoms with van der Waals surface area (Å²) in [5, 5.41) is 12.0. The lowest BCUT2D eigenvalue weighted by molar-refractivity contribution is -0.143. The van der Waals surface area contributed by atoms with Gasteiger partial charge >= 0.3 is 12.4 Å². The Morgan fingerprint density at radius 3 is 2.31 bits per heavy atom. The number of carbonyl (C=O) groups is 1. The highest BCUT2D eigenvalue weighted by atomic mass is 19.4. The third-order valence-electron chi connectivity index (χ3n) is 4.56. The third-order valence-corrected chi connectivity index (χ3v) is 4.56. The molecule has 0 aliphatic heterocycles. The first-order valence-electron chi connectivity index (χ1n) is 9.00. The molecule has 0 saturated carbocycles. The Balaban J connectivity index is 2.14. The quantitative estimate of drug-likeness (QED) is 0.352. The largest absolute Gasteiger partial charge is 0.416 e. The summed E-state index contributed by atoms with van der Waals surface area (Å²) >= 11 is 0. The number of carbonyl (C=O) groups excluding carboxylic acids is 1. The van der Waals surface area contributed by atoms with Crippen LogP contribution in [-0.2, 0) is 23.7 Å². The van der Waals surface area contributed by atoms with E-state index < -0.39 is 29.4 Å². The SMILES string of the molecule is CNC(=O)/C(C#N)=C/c1cn(Cc2cc(C(F)(F)F)cc(C(F)(F)F)c2)c2ncccc12. The number of nitriles is 1. The van der Waals surface area contributed by atoms with E-state index in [1.54, 1.807) is 18.2 Å². The van der Waals surface area contributed by atoms with Crippen molar-refractivity contribution in [3.05, 3.63) is 70.6 Å². The number of nitrogens with one attached hydrogen (secondary N) is 1. The molecule has 32 heavy (non-hydrogen) atoms. The van der Waals surface area contributed by atoms with Crippen LogP contribution >= 0.6 is 0 Å². The second-order valence-electron chi connectivity index (χ2n) is 6.75. The van der Waals surface area contributed by atoms with Crippen molar-refractivity contribution in [2.45, 2.75) is 18.9 Å². The first-order chi connectivity index (χ1) is 14.9. The molecule has 1 amide bonds. The van der Waals surface area contributed by atoms with Gasteiger partial charge in [-0.2, -0.15) is 31.6 Å². The minimum absolute atomic E-state index is 0.0617. The van der Waals surface area contributed by atoms with Crippen molar-refractivity contribution in [3.63, 3.8) is 0 Å². The molecule has 0 bridgehead atoms. The molecule has 0 spiro atoms. The summed E-state index contributed by atoms with van der Waals surface area (Å²) in [6.45, 7) is -0.351. The summed E-state index contributed by atoms with van der Waals surface area (Å²) < 4.78 is 80.3. The van der Waals surface area contributed by atoms with Crippen LogP contribution in [0.25, 0.3) is 17.1 Å². The number of halogens is 6. The number of pyridine rings is 1. The van der Waals surface area contributed by atoms with Crippen LogP contribution in [0.15, 0.2) is 48.3 Å². The van der Waals surface area contributed by atoms with Crippen molar-refractivity contribution >= 4 is 23.0 Å². The van der Waals surface area contributed by atoms with Gasteiger partial charge in [-0.05, 0) is 42.0 Å². The monoisotopic (exact) mass is 452 g/mol. The zero-order chi connectivity index (χ0) is 23.7. The molecule has 5 nitrogen and oxygen atoms in total. The van der Waals surface area contributed by atoms with E-state index in [-0.39, 0.29) is 29.4 Å². The second kappa shape index (κ2) is 8.37. The summed E-state index contributed by atoms with van der Waals surface area (Å²) in [4.78, 5) is 16.0. The smallest absolute Gasteiger partial charge is 0.354 e. The van der Waals surface area contributed by atoms with Gasteiger partial charge in [-0.15, -0.1) is 0 Å². The number of likely N-dealkylation sites (N-methyl/N-ethyl adjacent to an activating group) is 1. The van der Waals surface area contributed by atoms with E-state index in [4.69, 9.17) is 0 Å². The van der Waals surface area contributed by atoms with Crippen LogP contribution in [0, 0.1) is 11.3 Å². The molecule has 2 heterocycles. The molecule has 1 aromatic carbocycles. The highest BCUT2D eigenvalue weighted by Gasteiger charge is 2.36. The fourth-order valence-electron chi connectivity index (χ4n) is 3.13. The number of nitrogens with zero attached hydrogens (tertiary/aromatic N) is 3. The maximum Gasteiger partial charge on any atom is 0.416 e. The molecule has 0 radical (unpaired) electrons. The highest BCUT2D eigenvalue weighted by Crippen LogP contribution is 2.36. The average Bonchev–Trinajstić information content (AvgIpc) is 3.07. The highest BCUT2D eigenvalue weighted by molar-refractivity contribution is 6.03. The molecule has 2 aromatic heterocycles. The van der Waals surface area contributed by atoms with Crippen molar-refractivity contribution in [2.24, 2.45) is 0 Å². The molecule has 0 atom stereocenters. The van der Waals surface area contributed by atoms with Crippen LogP contribution in [0.4, 0.5) is 26.3 Å². The van der Waals surface area contributed by atoms with E-state index in [2.05, 4.69) is 10.3 Å². The summed E-state index contributed by atoms with van der Waals surface area (Å²) in [5.74, 6) is -0.648. The number of hydrogen-bond acceptors (Lipinski definition) is 3. The van der Waals surface area contributed by atoms with E-state index in [1.165, 1.54) is 30.1 Å². The van der Waals surface area contributed by atoms with E-state index in [0.717, 1.165) is 0 Å². The van der Waals surface area contributed by atoms with Crippen LogP contribution in [0.1, 0.15) is 22.3 Å². The van der Waals surface area contributed by atoms with Gasteiger partial charge in [0.25, 0.3) is 5.91 Å². The number of rotatable bonds is 4. The van der Waals surface area contributed by atoms with E-state index in [9.17, 15) is 36.4 Å². The molecule has 3 aromatic rings. The Bertz CT molecular complexity index is 1220. The topological polar surface area (TPSA) is 70.7 Å². The van der Waals surface area contributed by atoms with Gasteiger partial charge in [0.2, 0.25) is 0 Å². The zero-order valence-corrected chi connectivity index (χ0v) is 16.3. The normalized spacial score (nSPS) is 12.6. The molecule has 0 fully saturated rings. The Labute approximate surface area is 177 Å². The van der Waals surface area contributed by atoms with Gasteiger partial charge < -0.3 is 9.88 Å². The summed E-state index contributed by atoms with van der Waals surface area (Å²) in [6.07, 6.45) is -5.84. The van der Waals surface area contributed by atoms with Crippen LogP contribution in [0.5, 0.6) is 0 Å². The molecule has 0 aliphatic carbocycles. The lowest BCUT2D eigenvalue weighted by Gasteiger charge is -2.14. The lowest BCUT2D eigenvalue weighted by atomic mass is 10.0. The Morgan fingerprint density at radius 1 is 1.16 bits per heavy atom. The first kappa shape index (κ1) is 22.9. The maximum absolute atomic E-state index is 13.2. The standard InChI is InChI=1S/C21H14F6N4O/c1-29-19(32)13(9-28)7-14-11-31(18-17(14)3-2-4-30-18)10-12-5-15(20(22,23)24)8-16(6-12)21(25,26)27/h2-8,11H,10H2,1H3,(H,29,32)/b13-7+. The number of aromatic nitrogens is 2. The van der Waals surface area contributed by atoms with Crippen molar-refractivity contribution in [2.75, 3.05) is 7.05 Å². The second-order valence-corrected chi connectivity index (χ2v) is 6.75. The predicted molar refractivity (Wildman–Crippen MR) is 103 cm³/mol. The maximum atomic E-state index is 13.2. The molecule has 11 heteroatoms. The first-order valence-corrected chi connectivity index (χ1v) is 9.00. The molecule has 1 N–H and O–H groups in total. The van der Waals surface area contributed by atoms with E-state index in [1.807, 2.05) is 0 Å². The molecule has 0 saturated heterocycles. The number of fused-ring (bicyclic) bond motifs is 1. The number of benzene rings is 1. The summed E-state index contributed by atoms with van der Waals surface area (Å²) in [6, 6.07) is 6.27. The van der Waals surface area contributed by atoms with Gasteiger partial charge in [-0.25, -0.2) is 4.98 Å². The zero-order valence-electron chi connectivity index (χ0n) is 16.3. The fourth-order valence-corrected chi connectivity index (χ4v) is 3.13. The third kappa shape index (κ3) is 4.74. The minimum atomic E-state index is -4.96. The summed E-state index contributed by atoms with van der Waals surface area (Å²) in [5.41, 5.74) is -2.68. The molecule has 0 unspecified atom stereocenters. The number of alkyl halides is 6. The van der Waals surface area contributed by atoms with Crippen molar-refractivity contribution in [1.29, 1.82) is 5.26 Å². The van der Waals surface area contributed by atoms with Gasteiger partial charge in [-0.3, -0.25) is 4.79 Å². The number of amides is 1. The predicted octanol–water partition coefficient (Wildman–Crippen LogP) is 4.78. The van der Waals surface area contributed by atoms with Crippen LogP contribution in [0.3, 0.4) is 0 Å². The van der Waals surface area contributed by atoms with Gasteiger partial charge in [0.15, 0.2) is 0 Å². The Hall–Kier alpha value is -3.81. The van der Waals surface area contributed by atoms with Crippen LogP contribution in [-0.4, -0.2) is 22.5 Å². The molecule has 3 rings (SSSR count). The van der Waals surface area contributed by atoms with E-state index in [0.29, 0.717) is 23.1 Å². The fraction of sp³-hybridized carbons (Fsp3) is 0.190. The average molecular weight is 452 g/mol. The Kier molecular flexibility index (Phi) is 5.98. The van der Waals surface area contributed by atoms with Gasteiger partial charge in [0.1, 0.15) is 17.3 Å². The minimum Gasteiger partial charge on any atom is -0.354 e. The molecular weight excluding hydrogens is 438 g/mol. The Morgan fingerprint density at radius 2 is 1.78 bits per heavy atom. The molecule has 166 valence electrons. The number of hydrogen-bond donors (Lipinski definition) is 1. The van der Waals surface area contributed by atoms with E-state index >= 15 is 0 Å². The lowest BCUT2D eigenvalue weighted by Crippen LogP contribution is -2.19. The summed E-state index contributed by atoms with van der Waals surface area (Å²) in [7, 11) is 1.34. The van der Waals surface area contributed by atoms with Crippen LogP contribution < -0.4 is 5.32 Å². The molecule has 0 aliphatic rings. The molecular formula is C21H14F6N4O. The van der Waals surface area contributed by atoms with Crippen LogP contribution in [0.2, 0.25) is 0 Å². The van der Waals surface area contributed by atoms with Gasteiger partial charge in [0.05, 0.1) is 11.1 Å². The van der Waals surface area contributed by atoms with Gasteiger partial charge in [0, 0.05) is 36.9 Å². The van der Waals surface area contributed by atoms with Crippen molar-refractivity contribution in [3.8, 4) is 6.07 Å².